The van der Waals surface area contributed by atoms with Gasteiger partial charge in [0.2, 0.25) is 0 Å². The number of rotatable bonds is 48. The summed E-state index contributed by atoms with van der Waals surface area (Å²) in [6, 6.07) is 11.3. The largest absolute Gasteiger partial charge is 0.508 e. The van der Waals surface area contributed by atoms with Gasteiger partial charge in [0.15, 0.2) is 0 Å². The molecule has 0 saturated carbocycles. The van der Waals surface area contributed by atoms with Gasteiger partial charge in [-0.05, 0) is 144 Å². The van der Waals surface area contributed by atoms with Gasteiger partial charge in [0, 0.05) is 60.7 Å². The fraction of sp³-hybridized carbons (Fsp3) is 0.685. The highest BCUT2D eigenvalue weighted by atomic mass is 79.9. The van der Waals surface area contributed by atoms with E-state index >= 15 is 9.59 Å². The first-order valence-corrected chi connectivity index (χ1v) is 37.1. The molecule has 6 rings (SSSR count). The topological polar surface area (TPSA) is 149 Å². The van der Waals surface area contributed by atoms with Crippen molar-refractivity contribution in [3.8, 4) is 20.9 Å². The molecule has 1 N–H and O–H groups in total. The second-order valence-electron chi connectivity index (χ2n) is 25.8. The second kappa shape index (κ2) is 38.8. The van der Waals surface area contributed by atoms with Crippen molar-refractivity contribution in [3.63, 3.8) is 0 Å². The molecule has 2 aromatic carbocycles. The van der Waals surface area contributed by atoms with E-state index in [1.807, 2.05) is 31.2 Å². The van der Waals surface area contributed by atoms with Crippen LogP contribution in [0, 0.1) is 6.92 Å². The first-order chi connectivity index (χ1) is 42.6. The Hall–Kier alpha value is -3.99. The molecule has 2 aromatic heterocycles. The highest BCUT2D eigenvalue weighted by Crippen LogP contribution is 2.48. The molecular weight excluding hydrogens is 1210 g/mol. The molecule has 88 heavy (non-hydrogen) atoms. The van der Waals surface area contributed by atoms with Gasteiger partial charge in [-0.25, -0.2) is 4.79 Å². The van der Waals surface area contributed by atoms with Crippen LogP contribution in [0.5, 0.6) is 0 Å². The van der Waals surface area contributed by atoms with Crippen LogP contribution in [-0.2, 0) is 18.9 Å². The fourth-order valence-electron chi connectivity index (χ4n) is 12.9. The maximum absolute atomic E-state index is 15.1. The summed E-state index contributed by atoms with van der Waals surface area (Å²) in [7, 11) is 0. The summed E-state index contributed by atoms with van der Waals surface area (Å²) >= 11 is 6.58. The number of carbonyl (C=O) groups is 5. The number of hydrogen-bond acceptors (Lipinski definition) is 12. The predicted molar refractivity (Wildman–Crippen MR) is 365 cm³/mol. The van der Waals surface area contributed by atoms with Gasteiger partial charge in [0.25, 0.3) is 30.1 Å². The number of aliphatic hydroxyl groups is 1. The smallest absolute Gasteiger partial charge is 0.434 e. The van der Waals surface area contributed by atoms with Crippen LogP contribution >= 0.6 is 38.6 Å². The summed E-state index contributed by atoms with van der Waals surface area (Å²) in [4.78, 5) is 78.4. The minimum Gasteiger partial charge on any atom is -0.434 e. The Labute approximate surface area is 545 Å². The summed E-state index contributed by atoms with van der Waals surface area (Å²) in [5, 5.41) is 11.7. The lowest BCUT2D eigenvalue weighted by atomic mass is 9.80. The molecule has 0 radical (unpaired) electrons. The standard InChI is InChI=1S/C73H109BrN2O10S2/c1-8-12-16-20-24-32-44-72(6,45-33-25-21-17-13-9-2)85-70(81)83-50-38-30-28-36-48-75-67(78)58-53-56(60-42-43-61(74)88-60)65-63-57(52-55(59-41-40-54(5)87-59)64(62(58)63)68(75)79)66(77)76(69(65)80)49-37-29-31-39-51-84-71(82)86-73(7,46-34-26-22-18-14-10-3)47-35-27-23-19-15-11-4/h40-43,52-53,70,81H,8-39,44-51H2,1-7H3. The van der Waals surface area contributed by atoms with Gasteiger partial charge in [0.05, 0.1) is 33.7 Å². The van der Waals surface area contributed by atoms with E-state index in [4.69, 9.17) is 18.9 Å². The van der Waals surface area contributed by atoms with Gasteiger partial charge in [-0.2, -0.15) is 0 Å². The molecule has 0 saturated heterocycles. The van der Waals surface area contributed by atoms with E-state index in [0.29, 0.717) is 82.9 Å². The minimum absolute atomic E-state index is 0.172. The summed E-state index contributed by atoms with van der Waals surface area (Å²) in [6.45, 7) is 14.7. The van der Waals surface area contributed by atoms with Crippen molar-refractivity contribution in [2.45, 2.75) is 297 Å². The van der Waals surface area contributed by atoms with Crippen LogP contribution in [0.2, 0.25) is 0 Å². The van der Waals surface area contributed by atoms with E-state index in [0.717, 1.165) is 115 Å². The van der Waals surface area contributed by atoms with Gasteiger partial charge < -0.3 is 24.1 Å². The molecule has 0 fully saturated rings. The molecule has 1 unspecified atom stereocenters. The van der Waals surface area contributed by atoms with Crippen molar-refractivity contribution in [2.75, 3.05) is 26.3 Å². The van der Waals surface area contributed by atoms with Crippen LogP contribution in [0.1, 0.15) is 319 Å². The van der Waals surface area contributed by atoms with Crippen LogP contribution in [0.15, 0.2) is 40.2 Å². The SMILES string of the molecule is CCCCCCCCC(C)(CCCCCCCC)OC(=O)OCCCCCCN1C(=O)c2cc(-c3ccc(C)s3)c3c4c(cc(-c5ccc(Br)s5)c(c24)C1=O)C(=O)N(CCCCCCOC(O)OC(C)(CCCCCCCC)CCCCCCCC)C3=O. The molecule has 4 amide bonds. The molecule has 1 atom stereocenters. The van der Waals surface area contributed by atoms with Crippen LogP contribution in [0.4, 0.5) is 4.79 Å². The molecule has 0 bridgehead atoms. The molecule has 0 aliphatic carbocycles. The van der Waals surface area contributed by atoms with Crippen molar-refractivity contribution in [1.82, 2.24) is 9.80 Å². The number of halogens is 1. The fourth-order valence-corrected chi connectivity index (χ4v) is 15.2. The number of nitrogens with zero attached hydrogens (tertiary/aromatic N) is 2. The number of benzene rings is 2. The number of thiophene rings is 2. The molecule has 12 nitrogen and oxygen atoms in total. The Balaban J connectivity index is 1.08. The molecule has 4 heterocycles. The van der Waals surface area contributed by atoms with E-state index in [1.165, 1.54) is 135 Å². The zero-order valence-corrected chi connectivity index (χ0v) is 58.3. The van der Waals surface area contributed by atoms with E-state index in [-0.39, 0.29) is 19.7 Å². The van der Waals surface area contributed by atoms with Gasteiger partial charge >= 0.3 is 6.16 Å². The van der Waals surface area contributed by atoms with E-state index in [1.54, 1.807) is 12.1 Å². The first kappa shape index (κ1) is 73.1. The lowest BCUT2D eigenvalue weighted by Crippen LogP contribution is -2.44. The van der Waals surface area contributed by atoms with E-state index < -0.39 is 47.5 Å². The normalized spacial score (nSPS) is 13.9. The van der Waals surface area contributed by atoms with Gasteiger partial charge in [0.1, 0.15) is 5.60 Å². The van der Waals surface area contributed by atoms with Gasteiger partial charge in [-0.1, -0.05) is 188 Å². The number of imide groups is 2. The zero-order chi connectivity index (χ0) is 63.3. The molecule has 2 aliphatic heterocycles. The first-order valence-electron chi connectivity index (χ1n) is 34.6. The van der Waals surface area contributed by atoms with E-state index in [2.05, 4.69) is 57.5 Å². The molecule has 15 heteroatoms. The molecule has 2 aliphatic rings. The average molecular weight is 1320 g/mol. The van der Waals surface area contributed by atoms with Crippen LogP contribution in [0.25, 0.3) is 31.7 Å². The van der Waals surface area contributed by atoms with Crippen molar-refractivity contribution >= 4 is 79.2 Å². The molecular formula is C73H109BrN2O10S2. The number of aliphatic hydroxyl groups excluding tert-OH is 1. The van der Waals surface area contributed by atoms with Crippen molar-refractivity contribution in [3.05, 3.63) is 67.3 Å². The lowest BCUT2D eigenvalue weighted by molar-refractivity contribution is -0.307. The zero-order valence-electron chi connectivity index (χ0n) is 55.0. The Kier molecular flexibility index (Phi) is 32.2. The highest BCUT2D eigenvalue weighted by Gasteiger charge is 2.43. The van der Waals surface area contributed by atoms with Crippen molar-refractivity contribution in [2.24, 2.45) is 0 Å². The third-order valence-corrected chi connectivity index (χ3v) is 20.8. The maximum Gasteiger partial charge on any atom is 0.508 e. The van der Waals surface area contributed by atoms with Crippen LogP contribution < -0.4 is 0 Å². The van der Waals surface area contributed by atoms with Crippen molar-refractivity contribution < 1.29 is 48.0 Å². The summed E-state index contributed by atoms with van der Waals surface area (Å²) < 4.78 is 24.7. The van der Waals surface area contributed by atoms with Gasteiger partial charge in [-0.15, -0.1) is 22.7 Å². The Bertz CT molecular complexity index is 2770. The quantitative estimate of drug-likeness (QED) is 0.0196. The Morgan fingerprint density at radius 3 is 1.30 bits per heavy atom. The summed E-state index contributed by atoms with van der Waals surface area (Å²) in [5.41, 5.74) is 1.35. The summed E-state index contributed by atoms with van der Waals surface area (Å²) in [6.07, 6.45) is 36.6. The van der Waals surface area contributed by atoms with Gasteiger partial charge in [-0.3, -0.25) is 29.0 Å². The average Bonchev–Trinajstić information content (AvgIpc) is 0.826. The maximum atomic E-state index is 15.1. The third-order valence-electron chi connectivity index (χ3n) is 18.1. The monoisotopic (exact) mass is 1320 g/mol. The molecule has 490 valence electrons. The van der Waals surface area contributed by atoms with Crippen LogP contribution in [-0.4, -0.2) is 88.7 Å². The lowest BCUT2D eigenvalue weighted by Gasteiger charge is -2.34. The number of unbranched alkanes of at least 4 members (excludes halogenated alkanes) is 26. The Morgan fingerprint density at radius 1 is 0.489 bits per heavy atom. The number of amides is 4. The Morgan fingerprint density at radius 2 is 0.875 bits per heavy atom. The molecule has 0 spiro atoms. The number of hydrogen-bond donors (Lipinski definition) is 1. The van der Waals surface area contributed by atoms with Crippen molar-refractivity contribution in [1.29, 1.82) is 0 Å². The summed E-state index contributed by atoms with van der Waals surface area (Å²) in [5.74, 6) is -1.79. The minimum atomic E-state index is -1.31. The number of aryl methyl sites for hydroxylation is 1. The number of carbonyl (C=O) groups excluding carboxylic acids is 5. The predicted octanol–water partition coefficient (Wildman–Crippen LogP) is 21.7. The number of ether oxygens (including phenoxy) is 4. The molecule has 4 aromatic rings. The highest BCUT2D eigenvalue weighted by molar-refractivity contribution is 9.11. The van der Waals surface area contributed by atoms with Crippen LogP contribution in [0.3, 0.4) is 0 Å². The second-order valence-corrected chi connectivity index (χ2v) is 29.5. The third kappa shape index (κ3) is 22.1. The van der Waals surface area contributed by atoms with E-state index in [9.17, 15) is 19.5 Å².